The largest absolute Gasteiger partial charge is 0.497 e. The van der Waals surface area contributed by atoms with Crippen molar-refractivity contribution in [3.8, 4) is 5.75 Å². The van der Waals surface area contributed by atoms with E-state index in [2.05, 4.69) is 15.4 Å². The fourth-order valence-corrected chi connectivity index (χ4v) is 2.87. The van der Waals surface area contributed by atoms with Crippen LogP contribution in [0.15, 0.2) is 34.9 Å². The quantitative estimate of drug-likeness (QED) is 0.882. The Bertz CT molecular complexity index is 660. The maximum atomic E-state index is 12.1. The minimum Gasteiger partial charge on any atom is -0.497 e. The van der Waals surface area contributed by atoms with Crippen LogP contribution in [0.3, 0.4) is 0 Å². The molecule has 2 aromatic rings. The number of amides is 1. The lowest BCUT2D eigenvalue weighted by Gasteiger charge is -2.25. The third-order valence-corrected chi connectivity index (χ3v) is 4.22. The highest BCUT2D eigenvalue weighted by Crippen LogP contribution is 2.14. The zero-order chi connectivity index (χ0) is 16.8. The molecule has 0 unspecified atom stereocenters. The number of rotatable bonds is 6. The number of hydrogen-bond donors (Lipinski definition) is 1. The smallest absolute Gasteiger partial charge is 0.251 e. The Morgan fingerprint density at radius 3 is 2.71 bits per heavy atom. The molecule has 2 heterocycles. The maximum Gasteiger partial charge on any atom is 0.251 e. The number of ether oxygens (including phenoxy) is 1. The molecular weight excluding hydrogens is 306 g/mol. The molecular formula is C18H23N3O3. The first kappa shape index (κ1) is 16.5. The Morgan fingerprint density at radius 1 is 1.25 bits per heavy atom. The molecule has 1 aliphatic rings. The standard InChI is InChI=1S/C18H23N3O3/c1-23-16-7-5-14(6-8-16)18(22)19-12-17-11-15(20-24-17)13-21-9-3-2-4-10-21/h5-8,11H,2-4,9-10,12-13H2,1H3,(H,19,22). The number of carbonyl (C=O) groups is 1. The molecule has 1 N–H and O–H groups in total. The third-order valence-electron chi connectivity index (χ3n) is 4.22. The Kier molecular flexibility index (Phi) is 5.48. The molecule has 0 aliphatic carbocycles. The minimum absolute atomic E-state index is 0.147. The fraction of sp³-hybridized carbons (Fsp3) is 0.444. The molecule has 6 heteroatoms. The number of hydrogen-bond acceptors (Lipinski definition) is 5. The number of likely N-dealkylation sites (tertiary alicyclic amines) is 1. The van der Waals surface area contributed by atoms with Crippen molar-refractivity contribution in [1.29, 1.82) is 0 Å². The van der Waals surface area contributed by atoms with Crippen LogP contribution in [0.25, 0.3) is 0 Å². The monoisotopic (exact) mass is 329 g/mol. The van der Waals surface area contributed by atoms with Gasteiger partial charge in [-0.05, 0) is 50.2 Å². The van der Waals surface area contributed by atoms with E-state index < -0.39 is 0 Å². The Labute approximate surface area is 141 Å². The summed E-state index contributed by atoms with van der Waals surface area (Å²) < 4.78 is 10.4. The maximum absolute atomic E-state index is 12.1. The molecule has 1 aromatic heterocycles. The van der Waals surface area contributed by atoms with Crippen LogP contribution in [0.5, 0.6) is 5.75 Å². The summed E-state index contributed by atoms with van der Waals surface area (Å²) in [5, 5.41) is 6.94. The summed E-state index contributed by atoms with van der Waals surface area (Å²) in [4.78, 5) is 14.5. The van der Waals surface area contributed by atoms with Gasteiger partial charge < -0.3 is 14.6 Å². The zero-order valence-electron chi connectivity index (χ0n) is 14.0. The number of nitrogens with one attached hydrogen (secondary N) is 1. The Balaban J connectivity index is 1.49. The van der Waals surface area contributed by atoms with E-state index >= 15 is 0 Å². The number of benzene rings is 1. The molecule has 24 heavy (non-hydrogen) atoms. The van der Waals surface area contributed by atoms with Gasteiger partial charge >= 0.3 is 0 Å². The molecule has 1 amide bonds. The van der Waals surface area contributed by atoms with Crippen molar-refractivity contribution in [1.82, 2.24) is 15.4 Å². The molecule has 1 aromatic carbocycles. The lowest BCUT2D eigenvalue weighted by Crippen LogP contribution is -2.29. The van der Waals surface area contributed by atoms with E-state index in [1.54, 1.807) is 31.4 Å². The molecule has 0 bridgehead atoms. The van der Waals surface area contributed by atoms with Crippen LogP contribution in [0, 0.1) is 0 Å². The summed E-state index contributed by atoms with van der Waals surface area (Å²) in [6.07, 6.45) is 3.82. The molecule has 0 spiro atoms. The minimum atomic E-state index is -0.147. The van der Waals surface area contributed by atoms with Gasteiger partial charge in [-0.1, -0.05) is 11.6 Å². The Morgan fingerprint density at radius 2 is 2.00 bits per heavy atom. The van der Waals surface area contributed by atoms with Crippen LogP contribution in [-0.2, 0) is 13.1 Å². The van der Waals surface area contributed by atoms with E-state index in [0.29, 0.717) is 17.9 Å². The third kappa shape index (κ3) is 4.35. The summed E-state index contributed by atoms with van der Waals surface area (Å²) in [6, 6.07) is 8.91. The van der Waals surface area contributed by atoms with Crippen molar-refractivity contribution >= 4 is 5.91 Å². The van der Waals surface area contributed by atoms with Gasteiger partial charge in [0.15, 0.2) is 5.76 Å². The van der Waals surface area contributed by atoms with E-state index in [4.69, 9.17) is 9.26 Å². The number of methoxy groups -OCH3 is 1. The summed E-state index contributed by atoms with van der Waals surface area (Å²) in [5.74, 6) is 1.25. The van der Waals surface area contributed by atoms with Crippen LogP contribution < -0.4 is 10.1 Å². The van der Waals surface area contributed by atoms with E-state index in [-0.39, 0.29) is 5.91 Å². The highest BCUT2D eigenvalue weighted by Gasteiger charge is 2.14. The lowest BCUT2D eigenvalue weighted by atomic mass is 10.1. The normalized spacial score (nSPS) is 15.2. The van der Waals surface area contributed by atoms with Gasteiger partial charge in [-0.2, -0.15) is 0 Å². The van der Waals surface area contributed by atoms with Gasteiger partial charge in [-0.3, -0.25) is 9.69 Å². The average Bonchev–Trinajstić information content (AvgIpc) is 3.08. The van der Waals surface area contributed by atoms with Crippen LogP contribution in [0.4, 0.5) is 0 Å². The number of piperidine rings is 1. The molecule has 1 aliphatic heterocycles. The van der Waals surface area contributed by atoms with E-state index in [9.17, 15) is 4.79 Å². The molecule has 0 atom stereocenters. The van der Waals surface area contributed by atoms with Gasteiger partial charge in [-0.25, -0.2) is 0 Å². The average molecular weight is 329 g/mol. The zero-order valence-corrected chi connectivity index (χ0v) is 14.0. The second-order valence-corrected chi connectivity index (χ2v) is 6.03. The number of carbonyl (C=O) groups excluding carboxylic acids is 1. The molecule has 0 radical (unpaired) electrons. The fourth-order valence-electron chi connectivity index (χ4n) is 2.87. The Hall–Kier alpha value is -2.34. The number of aromatic nitrogens is 1. The highest BCUT2D eigenvalue weighted by atomic mass is 16.5. The summed E-state index contributed by atoms with van der Waals surface area (Å²) in [5.41, 5.74) is 1.51. The molecule has 1 fully saturated rings. The van der Waals surface area contributed by atoms with Crippen molar-refractivity contribution < 1.29 is 14.1 Å². The molecule has 6 nitrogen and oxygen atoms in total. The van der Waals surface area contributed by atoms with Crippen molar-refractivity contribution in [3.63, 3.8) is 0 Å². The van der Waals surface area contributed by atoms with Crippen molar-refractivity contribution in [2.45, 2.75) is 32.4 Å². The molecule has 0 saturated carbocycles. The van der Waals surface area contributed by atoms with Gasteiger partial charge in [0.05, 0.1) is 19.3 Å². The summed E-state index contributed by atoms with van der Waals surface area (Å²) in [6.45, 7) is 3.39. The highest BCUT2D eigenvalue weighted by molar-refractivity contribution is 5.94. The van der Waals surface area contributed by atoms with Gasteiger partial charge in [0.2, 0.25) is 0 Å². The predicted molar refractivity (Wildman–Crippen MR) is 89.8 cm³/mol. The van der Waals surface area contributed by atoms with Gasteiger partial charge in [0.1, 0.15) is 5.75 Å². The molecule has 128 valence electrons. The van der Waals surface area contributed by atoms with Crippen LogP contribution in [0.1, 0.15) is 41.1 Å². The predicted octanol–water partition coefficient (Wildman–Crippen LogP) is 2.60. The SMILES string of the molecule is COc1ccc(C(=O)NCc2cc(CN3CCCCC3)no2)cc1. The van der Waals surface area contributed by atoms with Gasteiger partial charge in [-0.15, -0.1) is 0 Å². The van der Waals surface area contributed by atoms with Crippen molar-refractivity contribution in [2.75, 3.05) is 20.2 Å². The molecule has 1 saturated heterocycles. The first-order valence-electron chi connectivity index (χ1n) is 8.33. The first-order chi connectivity index (χ1) is 11.7. The van der Waals surface area contributed by atoms with Crippen molar-refractivity contribution in [2.24, 2.45) is 0 Å². The van der Waals surface area contributed by atoms with Crippen LogP contribution in [-0.4, -0.2) is 36.2 Å². The second-order valence-electron chi connectivity index (χ2n) is 6.03. The van der Waals surface area contributed by atoms with Crippen LogP contribution >= 0.6 is 0 Å². The van der Waals surface area contributed by atoms with Gasteiger partial charge in [0, 0.05) is 18.2 Å². The summed E-state index contributed by atoms with van der Waals surface area (Å²) >= 11 is 0. The van der Waals surface area contributed by atoms with Crippen LogP contribution in [0.2, 0.25) is 0 Å². The van der Waals surface area contributed by atoms with E-state index in [0.717, 1.165) is 31.1 Å². The van der Waals surface area contributed by atoms with Gasteiger partial charge in [0.25, 0.3) is 5.91 Å². The van der Waals surface area contributed by atoms with E-state index in [1.165, 1.54) is 19.3 Å². The summed E-state index contributed by atoms with van der Waals surface area (Å²) in [7, 11) is 1.60. The second kappa shape index (κ2) is 7.97. The number of nitrogens with zero attached hydrogens (tertiary/aromatic N) is 2. The topological polar surface area (TPSA) is 67.6 Å². The lowest BCUT2D eigenvalue weighted by molar-refractivity contribution is 0.0947. The first-order valence-corrected chi connectivity index (χ1v) is 8.33. The van der Waals surface area contributed by atoms with E-state index in [1.807, 2.05) is 6.07 Å². The molecule has 3 rings (SSSR count). The van der Waals surface area contributed by atoms with Crippen molar-refractivity contribution in [3.05, 3.63) is 47.3 Å².